The van der Waals surface area contributed by atoms with E-state index in [4.69, 9.17) is 18.9 Å². The summed E-state index contributed by atoms with van der Waals surface area (Å²) in [7, 11) is 0. The van der Waals surface area contributed by atoms with E-state index < -0.39 is 0 Å². The maximum absolute atomic E-state index is 5.96. The molecule has 3 aliphatic rings. The molecule has 0 unspecified atom stereocenters. The van der Waals surface area contributed by atoms with Gasteiger partial charge in [-0.15, -0.1) is 0 Å². The monoisotopic (exact) mass is 286 g/mol. The van der Waals surface area contributed by atoms with Crippen LogP contribution in [-0.4, -0.2) is 89.0 Å². The lowest BCUT2D eigenvalue weighted by atomic mass is 10.1. The van der Waals surface area contributed by atoms with Crippen LogP contribution in [0, 0.1) is 0 Å². The largest absolute Gasteiger partial charge is 0.379 e. The van der Waals surface area contributed by atoms with Gasteiger partial charge in [0.25, 0.3) is 0 Å². The molecular weight excluding hydrogens is 260 g/mol. The molecule has 0 saturated carbocycles. The molecule has 3 atom stereocenters. The van der Waals surface area contributed by atoms with Gasteiger partial charge < -0.3 is 24.3 Å². The van der Waals surface area contributed by atoms with E-state index in [-0.39, 0.29) is 12.2 Å². The summed E-state index contributed by atoms with van der Waals surface area (Å²) < 4.78 is 22.7. The third kappa shape index (κ3) is 4.38. The van der Waals surface area contributed by atoms with Gasteiger partial charge in [-0.3, -0.25) is 4.90 Å². The number of nitrogens with zero attached hydrogens (tertiary/aromatic N) is 1. The SMILES string of the molecule is C1COC[C@H](C[C@@H]2CO[C@H](CN3CCOCC3)CO2)N1. The lowest BCUT2D eigenvalue weighted by Gasteiger charge is -2.36. The van der Waals surface area contributed by atoms with Crippen molar-refractivity contribution in [2.24, 2.45) is 0 Å². The Morgan fingerprint density at radius 3 is 2.40 bits per heavy atom. The maximum atomic E-state index is 5.96. The van der Waals surface area contributed by atoms with Crippen LogP contribution in [0.5, 0.6) is 0 Å². The number of hydrogen-bond donors (Lipinski definition) is 1. The molecule has 0 bridgehead atoms. The fourth-order valence-electron chi connectivity index (χ4n) is 2.98. The predicted molar refractivity (Wildman–Crippen MR) is 74.0 cm³/mol. The summed E-state index contributed by atoms with van der Waals surface area (Å²) in [6.45, 7) is 8.60. The maximum Gasteiger partial charge on any atom is 0.0936 e. The Balaban J connectivity index is 1.33. The molecule has 3 rings (SSSR count). The molecule has 0 aromatic carbocycles. The van der Waals surface area contributed by atoms with Crippen molar-refractivity contribution in [1.29, 1.82) is 0 Å². The van der Waals surface area contributed by atoms with Crippen molar-refractivity contribution in [1.82, 2.24) is 10.2 Å². The van der Waals surface area contributed by atoms with E-state index in [2.05, 4.69) is 10.2 Å². The van der Waals surface area contributed by atoms with Gasteiger partial charge in [0, 0.05) is 32.2 Å². The molecule has 0 aromatic rings. The Morgan fingerprint density at radius 2 is 1.70 bits per heavy atom. The molecule has 3 fully saturated rings. The van der Waals surface area contributed by atoms with Gasteiger partial charge in [0.2, 0.25) is 0 Å². The molecule has 6 heteroatoms. The molecule has 0 spiro atoms. The van der Waals surface area contributed by atoms with E-state index in [1.165, 1.54) is 0 Å². The van der Waals surface area contributed by atoms with Crippen molar-refractivity contribution in [2.45, 2.75) is 24.7 Å². The van der Waals surface area contributed by atoms with Gasteiger partial charge in [-0.05, 0) is 6.42 Å². The quantitative estimate of drug-likeness (QED) is 0.751. The second kappa shape index (κ2) is 7.68. The van der Waals surface area contributed by atoms with Gasteiger partial charge in [-0.2, -0.15) is 0 Å². The van der Waals surface area contributed by atoms with Crippen LogP contribution in [0.25, 0.3) is 0 Å². The van der Waals surface area contributed by atoms with Gasteiger partial charge >= 0.3 is 0 Å². The molecule has 0 radical (unpaired) electrons. The lowest BCUT2D eigenvalue weighted by Crippen LogP contribution is -2.49. The summed E-state index contributed by atoms with van der Waals surface area (Å²) in [5.74, 6) is 0. The average Bonchev–Trinajstić information content (AvgIpc) is 2.51. The second-order valence-electron chi connectivity index (χ2n) is 5.79. The number of ether oxygens (including phenoxy) is 4. The van der Waals surface area contributed by atoms with Crippen molar-refractivity contribution in [3.8, 4) is 0 Å². The Hall–Kier alpha value is -0.240. The number of rotatable bonds is 4. The number of morpholine rings is 2. The molecule has 3 saturated heterocycles. The van der Waals surface area contributed by atoms with Crippen LogP contribution in [0.2, 0.25) is 0 Å². The molecule has 6 nitrogen and oxygen atoms in total. The summed E-state index contributed by atoms with van der Waals surface area (Å²) in [5, 5.41) is 3.46. The highest BCUT2D eigenvalue weighted by molar-refractivity contribution is 4.78. The molecule has 1 N–H and O–H groups in total. The van der Waals surface area contributed by atoms with Crippen molar-refractivity contribution >= 4 is 0 Å². The zero-order valence-electron chi connectivity index (χ0n) is 12.1. The van der Waals surface area contributed by atoms with Gasteiger partial charge in [0.05, 0.1) is 51.8 Å². The topological polar surface area (TPSA) is 52.2 Å². The summed E-state index contributed by atoms with van der Waals surface area (Å²) in [4.78, 5) is 2.40. The minimum Gasteiger partial charge on any atom is -0.379 e. The normalized spacial score (nSPS) is 36.9. The van der Waals surface area contributed by atoms with Crippen LogP contribution in [-0.2, 0) is 18.9 Å². The van der Waals surface area contributed by atoms with Crippen LogP contribution in [0.1, 0.15) is 6.42 Å². The van der Waals surface area contributed by atoms with Gasteiger partial charge in [0.15, 0.2) is 0 Å². The molecule has 0 aliphatic carbocycles. The van der Waals surface area contributed by atoms with E-state index in [0.717, 1.165) is 59.0 Å². The van der Waals surface area contributed by atoms with Crippen LogP contribution in [0.3, 0.4) is 0 Å². The van der Waals surface area contributed by atoms with E-state index in [0.29, 0.717) is 19.3 Å². The Morgan fingerprint density at radius 1 is 0.900 bits per heavy atom. The molecule has 0 amide bonds. The Kier molecular flexibility index (Phi) is 5.64. The summed E-state index contributed by atoms with van der Waals surface area (Å²) in [6, 6.07) is 0.410. The minimum atomic E-state index is 0.204. The average molecular weight is 286 g/mol. The Bertz CT molecular complexity index is 244. The number of hydrogen-bond acceptors (Lipinski definition) is 6. The van der Waals surface area contributed by atoms with Crippen molar-refractivity contribution in [2.75, 3.05) is 65.8 Å². The van der Waals surface area contributed by atoms with Crippen molar-refractivity contribution < 1.29 is 18.9 Å². The fourth-order valence-corrected chi connectivity index (χ4v) is 2.98. The first-order chi connectivity index (χ1) is 9.90. The Labute approximate surface area is 120 Å². The van der Waals surface area contributed by atoms with Gasteiger partial charge in [0.1, 0.15) is 0 Å². The number of nitrogens with one attached hydrogen (secondary N) is 1. The molecular formula is C14H26N2O4. The first kappa shape index (κ1) is 14.7. The molecule has 0 aromatic heterocycles. The highest BCUT2D eigenvalue weighted by Gasteiger charge is 2.27. The van der Waals surface area contributed by atoms with Crippen LogP contribution in [0.15, 0.2) is 0 Å². The van der Waals surface area contributed by atoms with E-state index >= 15 is 0 Å². The third-order valence-corrected chi connectivity index (χ3v) is 4.15. The van der Waals surface area contributed by atoms with Gasteiger partial charge in [-0.25, -0.2) is 0 Å². The zero-order chi connectivity index (χ0) is 13.6. The van der Waals surface area contributed by atoms with Crippen LogP contribution in [0.4, 0.5) is 0 Å². The smallest absolute Gasteiger partial charge is 0.0936 e. The molecule has 116 valence electrons. The van der Waals surface area contributed by atoms with Crippen LogP contribution < -0.4 is 5.32 Å². The standard InChI is InChI=1S/C14H26N2O4/c1-4-18-9-12(15-1)7-13-10-20-14(11-19-13)8-16-2-5-17-6-3-16/h12-15H,1-11H2/t12-,13+,14+/m0/s1. The molecule has 3 aliphatic heterocycles. The second-order valence-corrected chi connectivity index (χ2v) is 5.79. The summed E-state index contributed by atoms with van der Waals surface area (Å²) in [6.07, 6.45) is 1.39. The predicted octanol–water partition coefficient (Wildman–Crippen LogP) is -0.519. The lowest BCUT2D eigenvalue weighted by molar-refractivity contribution is -0.148. The van der Waals surface area contributed by atoms with E-state index in [1.807, 2.05) is 0 Å². The van der Waals surface area contributed by atoms with Gasteiger partial charge in [-0.1, -0.05) is 0 Å². The summed E-state index contributed by atoms with van der Waals surface area (Å²) >= 11 is 0. The summed E-state index contributed by atoms with van der Waals surface area (Å²) in [5.41, 5.74) is 0. The highest BCUT2D eigenvalue weighted by Crippen LogP contribution is 2.14. The molecule has 20 heavy (non-hydrogen) atoms. The molecule has 3 heterocycles. The highest BCUT2D eigenvalue weighted by atomic mass is 16.6. The first-order valence-electron chi connectivity index (χ1n) is 7.74. The van der Waals surface area contributed by atoms with Crippen molar-refractivity contribution in [3.05, 3.63) is 0 Å². The first-order valence-corrected chi connectivity index (χ1v) is 7.74. The van der Waals surface area contributed by atoms with Crippen molar-refractivity contribution in [3.63, 3.8) is 0 Å². The van der Waals surface area contributed by atoms with E-state index in [1.54, 1.807) is 0 Å². The third-order valence-electron chi connectivity index (χ3n) is 4.15. The van der Waals surface area contributed by atoms with Crippen LogP contribution >= 0.6 is 0 Å². The van der Waals surface area contributed by atoms with E-state index in [9.17, 15) is 0 Å². The fraction of sp³-hybridized carbons (Fsp3) is 1.00. The zero-order valence-corrected chi connectivity index (χ0v) is 12.1. The minimum absolute atomic E-state index is 0.204.